The fraction of sp³-hybridized carbons (Fsp3) is 0.385. The monoisotopic (exact) mass is 268 g/mol. The number of ether oxygens (including phenoxy) is 2. The molecule has 0 aromatic heterocycles. The molecule has 0 aliphatic heterocycles. The summed E-state index contributed by atoms with van der Waals surface area (Å²) in [5, 5.41) is 8.59. The second kappa shape index (κ2) is 6.14. The van der Waals surface area contributed by atoms with Crippen molar-refractivity contribution >= 4 is 5.90 Å². The molecule has 0 radical (unpaired) electrons. The highest BCUT2D eigenvalue weighted by Gasteiger charge is 2.30. The Hall–Kier alpha value is -2.16. The lowest BCUT2D eigenvalue weighted by molar-refractivity contribution is 0.134. The standard InChI is InChI=1S/C13H14F2N2O2/c1-4-18-12(17-8-16)13(2,3)19-11-6-5-9(14)7-10(11)15/h5-7H,4H2,1-3H3/b17-12+. The lowest BCUT2D eigenvalue weighted by atomic mass is 10.1. The van der Waals surface area contributed by atoms with Gasteiger partial charge in [-0.15, -0.1) is 4.99 Å². The molecule has 1 aromatic rings. The maximum atomic E-state index is 13.5. The van der Waals surface area contributed by atoms with Gasteiger partial charge in [-0.25, -0.2) is 8.78 Å². The smallest absolute Gasteiger partial charge is 0.243 e. The fourth-order valence-electron chi connectivity index (χ4n) is 1.40. The van der Waals surface area contributed by atoms with Crippen LogP contribution in [0.2, 0.25) is 0 Å². The number of aliphatic imine (C=N–C) groups is 1. The van der Waals surface area contributed by atoms with Gasteiger partial charge in [-0.3, -0.25) is 0 Å². The molecule has 0 unspecified atom stereocenters. The number of nitriles is 1. The van der Waals surface area contributed by atoms with Crippen LogP contribution in [-0.2, 0) is 4.74 Å². The second-order valence-electron chi connectivity index (χ2n) is 4.14. The number of rotatable bonds is 4. The van der Waals surface area contributed by atoms with E-state index in [-0.39, 0.29) is 11.6 Å². The summed E-state index contributed by atoms with van der Waals surface area (Å²) < 4.78 is 36.9. The molecule has 0 saturated heterocycles. The normalized spacial score (nSPS) is 11.9. The number of nitrogens with zero attached hydrogens (tertiary/aromatic N) is 2. The summed E-state index contributed by atoms with van der Waals surface area (Å²) in [5.74, 6) is -1.64. The van der Waals surface area contributed by atoms with E-state index >= 15 is 0 Å². The summed E-state index contributed by atoms with van der Waals surface area (Å²) in [5.41, 5.74) is -1.15. The summed E-state index contributed by atoms with van der Waals surface area (Å²) in [6.07, 6.45) is 1.60. The molecule has 102 valence electrons. The third kappa shape index (κ3) is 3.91. The number of hydrogen-bond donors (Lipinski definition) is 0. The lowest BCUT2D eigenvalue weighted by Crippen LogP contribution is -2.40. The summed E-state index contributed by atoms with van der Waals surface area (Å²) in [6.45, 7) is 5.16. The molecule has 0 bridgehead atoms. The molecule has 0 fully saturated rings. The van der Waals surface area contributed by atoms with E-state index in [0.717, 1.165) is 6.07 Å². The van der Waals surface area contributed by atoms with E-state index in [4.69, 9.17) is 14.7 Å². The van der Waals surface area contributed by atoms with Crippen LogP contribution in [-0.4, -0.2) is 18.1 Å². The molecule has 0 N–H and O–H groups in total. The van der Waals surface area contributed by atoms with Crippen LogP contribution in [0, 0.1) is 23.1 Å². The van der Waals surface area contributed by atoms with Crippen LogP contribution < -0.4 is 4.74 Å². The van der Waals surface area contributed by atoms with Gasteiger partial charge in [0.2, 0.25) is 12.1 Å². The molecule has 0 aliphatic rings. The van der Waals surface area contributed by atoms with E-state index in [1.807, 2.05) is 0 Å². The SMILES string of the molecule is CCO/C(=N/C#N)C(C)(C)Oc1ccc(F)cc1F. The van der Waals surface area contributed by atoms with Gasteiger partial charge in [0.25, 0.3) is 0 Å². The maximum absolute atomic E-state index is 13.5. The van der Waals surface area contributed by atoms with Crippen LogP contribution in [0.3, 0.4) is 0 Å². The van der Waals surface area contributed by atoms with E-state index in [2.05, 4.69) is 4.99 Å². The van der Waals surface area contributed by atoms with Gasteiger partial charge in [-0.05, 0) is 32.9 Å². The summed E-state index contributed by atoms with van der Waals surface area (Å²) in [6, 6.07) is 2.96. The van der Waals surface area contributed by atoms with Crippen LogP contribution in [0.25, 0.3) is 0 Å². The minimum Gasteiger partial charge on any atom is -0.478 e. The molecule has 6 heteroatoms. The van der Waals surface area contributed by atoms with Crippen molar-refractivity contribution in [3.8, 4) is 11.9 Å². The number of halogens is 2. The highest BCUT2D eigenvalue weighted by molar-refractivity contribution is 5.85. The molecular formula is C13H14F2N2O2. The van der Waals surface area contributed by atoms with E-state index in [1.54, 1.807) is 27.0 Å². The van der Waals surface area contributed by atoms with Gasteiger partial charge in [-0.2, -0.15) is 5.26 Å². The maximum Gasteiger partial charge on any atom is 0.243 e. The zero-order valence-corrected chi connectivity index (χ0v) is 10.9. The second-order valence-corrected chi connectivity index (χ2v) is 4.14. The first-order valence-electron chi connectivity index (χ1n) is 5.64. The van der Waals surface area contributed by atoms with Gasteiger partial charge in [0.05, 0.1) is 6.61 Å². The minimum absolute atomic E-state index is 0.0289. The predicted octanol–water partition coefficient (Wildman–Crippen LogP) is 3.04. The quantitative estimate of drug-likeness (QED) is 0.479. The molecule has 0 saturated carbocycles. The minimum atomic E-state index is -1.15. The average molecular weight is 268 g/mol. The van der Waals surface area contributed by atoms with Gasteiger partial charge in [0.1, 0.15) is 5.82 Å². The van der Waals surface area contributed by atoms with Crippen LogP contribution >= 0.6 is 0 Å². The van der Waals surface area contributed by atoms with Crippen molar-refractivity contribution in [1.82, 2.24) is 0 Å². The fourth-order valence-corrected chi connectivity index (χ4v) is 1.40. The first-order valence-corrected chi connectivity index (χ1v) is 5.64. The van der Waals surface area contributed by atoms with Crippen molar-refractivity contribution in [3.05, 3.63) is 29.8 Å². The van der Waals surface area contributed by atoms with Crippen molar-refractivity contribution < 1.29 is 18.3 Å². The highest BCUT2D eigenvalue weighted by atomic mass is 19.1. The third-order valence-corrected chi connectivity index (χ3v) is 2.21. The molecule has 4 nitrogen and oxygen atoms in total. The van der Waals surface area contributed by atoms with Crippen molar-refractivity contribution in [2.24, 2.45) is 4.99 Å². The van der Waals surface area contributed by atoms with Crippen molar-refractivity contribution in [2.75, 3.05) is 6.61 Å². The van der Waals surface area contributed by atoms with Gasteiger partial charge in [0, 0.05) is 6.07 Å². The predicted molar refractivity (Wildman–Crippen MR) is 65.7 cm³/mol. The van der Waals surface area contributed by atoms with Gasteiger partial charge < -0.3 is 9.47 Å². The topological polar surface area (TPSA) is 54.6 Å². The van der Waals surface area contributed by atoms with Gasteiger partial charge >= 0.3 is 0 Å². The molecule has 0 amide bonds. The molecular weight excluding hydrogens is 254 g/mol. The Morgan fingerprint density at radius 3 is 2.63 bits per heavy atom. The van der Waals surface area contributed by atoms with Crippen molar-refractivity contribution in [3.63, 3.8) is 0 Å². The van der Waals surface area contributed by atoms with Gasteiger partial charge in [-0.1, -0.05) is 0 Å². The van der Waals surface area contributed by atoms with Crippen LogP contribution in [0.15, 0.2) is 23.2 Å². The average Bonchev–Trinajstić information content (AvgIpc) is 2.32. The summed E-state index contributed by atoms with van der Waals surface area (Å²) in [4.78, 5) is 3.51. The number of hydrogen-bond acceptors (Lipinski definition) is 4. The van der Waals surface area contributed by atoms with E-state index in [0.29, 0.717) is 12.7 Å². The molecule has 1 aromatic carbocycles. The van der Waals surface area contributed by atoms with Crippen LogP contribution in [0.4, 0.5) is 8.78 Å². The largest absolute Gasteiger partial charge is 0.478 e. The van der Waals surface area contributed by atoms with E-state index in [9.17, 15) is 8.78 Å². The summed E-state index contributed by atoms with van der Waals surface area (Å²) >= 11 is 0. The Morgan fingerprint density at radius 2 is 2.11 bits per heavy atom. The molecule has 0 aliphatic carbocycles. The Kier molecular flexibility index (Phi) is 4.81. The molecule has 0 atom stereocenters. The van der Waals surface area contributed by atoms with Gasteiger partial charge in [0.15, 0.2) is 17.2 Å². The Bertz CT molecular complexity index is 522. The molecule has 0 spiro atoms. The Morgan fingerprint density at radius 1 is 1.42 bits per heavy atom. The molecule has 1 rings (SSSR count). The van der Waals surface area contributed by atoms with Crippen molar-refractivity contribution in [2.45, 2.75) is 26.4 Å². The van der Waals surface area contributed by atoms with E-state index < -0.39 is 17.2 Å². The summed E-state index contributed by atoms with van der Waals surface area (Å²) in [7, 11) is 0. The molecule has 0 heterocycles. The first-order chi connectivity index (χ1) is 8.90. The zero-order valence-electron chi connectivity index (χ0n) is 10.9. The molecule has 19 heavy (non-hydrogen) atoms. The number of benzene rings is 1. The van der Waals surface area contributed by atoms with Crippen LogP contribution in [0.1, 0.15) is 20.8 Å². The zero-order chi connectivity index (χ0) is 14.5. The third-order valence-electron chi connectivity index (χ3n) is 2.21. The first kappa shape index (κ1) is 14.9. The lowest BCUT2D eigenvalue weighted by Gasteiger charge is -2.26. The van der Waals surface area contributed by atoms with E-state index in [1.165, 1.54) is 6.07 Å². The Labute approximate surface area is 110 Å². The van der Waals surface area contributed by atoms with Crippen molar-refractivity contribution in [1.29, 1.82) is 5.26 Å². The van der Waals surface area contributed by atoms with Crippen LogP contribution in [0.5, 0.6) is 5.75 Å². The highest BCUT2D eigenvalue weighted by Crippen LogP contribution is 2.24. The Balaban J connectivity index is 3.01.